The van der Waals surface area contributed by atoms with Gasteiger partial charge in [0.25, 0.3) is 0 Å². The van der Waals surface area contributed by atoms with Crippen molar-refractivity contribution in [2.24, 2.45) is 5.92 Å². The maximum absolute atomic E-state index is 12.8. The number of carbonyl (C=O) groups is 2. The molecule has 148 valence electrons. The number of ether oxygens (including phenoxy) is 1. The van der Waals surface area contributed by atoms with E-state index in [0.717, 1.165) is 39.2 Å². The fourth-order valence-corrected chi connectivity index (χ4v) is 5.13. The Bertz CT molecular complexity index is 1050. The number of aryl methyl sites for hydroxylation is 2. The molecule has 5 heteroatoms. The predicted octanol–water partition coefficient (Wildman–Crippen LogP) is 4.73. The average Bonchev–Trinajstić information content (AvgIpc) is 2.69. The van der Waals surface area contributed by atoms with Crippen LogP contribution in [0.15, 0.2) is 65.4 Å². The summed E-state index contributed by atoms with van der Waals surface area (Å²) >= 11 is 1.72. The summed E-state index contributed by atoms with van der Waals surface area (Å²) in [6.45, 7) is 4.00. The number of aliphatic carboxylic acids is 1. The van der Waals surface area contributed by atoms with Gasteiger partial charge in [0.05, 0.1) is 0 Å². The molecule has 2 aromatic carbocycles. The van der Waals surface area contributed by atoms with Crippen LogP contribution < -0.4 is 0 Å². The number of esters is 1. The molecule has 0 aliphatic carbocycles. The zero-order chi connectivity index (χ0) is 20.5. The van der Waals surface area contributed by atoms with Crippen molar-refractivity contribution in [2.45, 2.75) is 19.8 Å². The summed E-state index contributed by atoms with van der Waals surface area (Å²) in [4.78, 5) is 24.8. The normalized spacial score (nSPS) is 23.0. The molecule has 0 spiro atoms. The fourth-order valence-electron chi connectivity index (χ4n) is 4.06. The van der Waals surface area contributed by atoms with Gasteiger partial charge in [-0.05, 0) is 47.8 Å². The van der Waals surface area contributed by atoms with Crippen LogP contribution in [0.1, 0.15) is 28.2 Å². The number of rotatable bonds is 3. The number of hydrogen-bond acceptors (Lipinski definition) is 4. The van der Waals surface area contributed by atoms with Gasteiger partial charge in [-0.1, -0.05) is 48.5 Å². The second-order valence-electron chi connectivity index (χ2n) is 7.44. The first-order chi connectivity index (χ1) is 14.0. The summed E-state index contributed by atoms with van der Waals surface area (Å²) in [5, 5.41) is 9.81. The maximum atomic E-state index is 12.8. The standard InChI is InChI=1S/C24H22O4S/c1-14-7-3-5-9-16(14)11-17-12-29-13-19-20(18-10-6-4-8-15(18)2)21(23(25)26)24(27)28-22(17)19/h3-11,20-21H,12-13H2,1-2H3,(H,25,26)/b17-11+. The first kappa shape index (κ1) is 19.5. The third kappa shape index (κ3) is 3.62. The van der Waals surface area contributed by atoms with Crippen molar-refractivity contribution in [3.8, 4) is 0 Å². The Labute approximate surface area is 174 Å². The number of benzene rings is 2. The number of thioether (sulfide) groups is 1. The van der Waals surface area contributed by atoms with Gasteiger partial charge in [0.2, 0.25) is 0 Å². The molecule has 0 saturated carbocycles. The van der Waals surface area contributed by atoms with Crippen molar-refractivity contribution in [3.05, 3.63) is 87.7 Å². The average molecular weight is 407 g/mol. The molecule has 2 aliphatic heterocycles. The highest BCUT2D eigenvalue weighted by Gasteiger charge is 2.46. The Hall–Kier alpha value is -2.79. The van der Waals surface area contributed by atoms with Gasteiger partial charge in [-0.25, -0.2) is 0 Å². The van der Waals surface area contributed by atoms with Crippen LogP contribution in [-0.2, 0) is 14.3 Å². The monoisotopic (exact) mass is 406 g/mol. The maximum Gasteiger partial charge on any atom is 0.326 e. The van der Waals surface area contributed by atoms with Crippen molar-refractivity contribution in [3.63, 3.8) is 0 Å². The minimum absolute atomic E-state index is 0.516. The Morgan fingerprint density at radius 1 is 1.07 bits per heavy atom. The van der Waals surface area contributed by atoms with Crippen LogP contribution in [0.25, 0.3) is 6.08 Å². The number of carboxylic acid groups (broad SMARTS) is 1. The van der Waals surface area contributed by atoms with Crippen LogP contribution in [0.2, 0.25) is 0 Å². The van der Waals surface area contributed by atoms with Crippen molar-refractivity contribution < 1.29 is 19.4 Å². The number of hydrogen-bond donors (Lipinski definition) is 1. The van der Waals surface area contributed by atoms with Crippen LogP contribution in [0.4, 0.5) is 0 Å². The molecule has 4 nitrogen and oxygen atoms in total. The first-order valence-corrected chi connectivity index (χ1v) is 10.7. The Kier molecular flexibility index (Phi) is 5.33. The smallest absolute Gasteiger partial charge is 0.326 e. The zero-order valence-electron chi connectivity index (χ0n) is 16.3. The van der Waals surface area contributed by atoms with Crippen LogP contribution in [0.3, 0.4) is 0 Å². The highest BCUT2D eigenvalue weighted by Crippen LogP contribution is 2.46. The molecule has 2 atom stereocenters. The van der Waals surface area contributed by atoms with Crippen LogP contribution in [0, 0.1) is 19.8 Å². The summed E-state index contributed by atoms with van der Waals surface area (Å²) in [5.74, 6) is -1.65. The van der Waals surface area contributed by atoms with Crippen LogP contribution >= 0.6 is 11.8 Å². The van der Waals surface area contributed by atoms with Gasteiger partial charge in [0.15, 0.2) is 5.92 Å². The minimum atomic E-state index is -1.23. The second kappa shape index (κ2) is 7.91. The lowest BCUT2D eigenvalue weighted by Gasteiger charge is -2.36. The van der Waals surface area contributed by atoms with E-state index in [9.17, 15) is 14.7 Å². The first-order valence-electron chi connectivity index (χ1n) is 9.54. The van der Waals surface area contributed by atoms with Gasteiger partial charge in [-0.2, -0.15) is 11.8 Å². The van der Waals surface area contributed by atoms with Crippen molar-refractivity contribution in [2.75, 3.05) is 11.5 Å². The van der Waals surface area contributed by atoms with E-state index in [4.69, 9.17) is 4.74 Å². The van der Waals surface area contributed by atoms with Crippen molar-refractivity contribution in [1.82, 2.24) is 0 Å². The Morgan fingerprint density at radius 2 is 1.76 bits per heavy atom. The van der Waals surface area contributed by atoms with Gasteiger partial charge in [-0.3, -0.25) is 9.59 Å². The molecule has 2 aromatic rings. The molecule has 0 radical (unpaired) electrons. The quantitative estimate of drug-likeness (QED) is 0.590. The zero-order valence-corrected chi connectivity index (χ0v) is 17.2. The molecule has 2 heterocycles. The van der Waals surface area contributed by atoms with Crippen molar-refractivity contribution in [1.29, 1.82) is 0 Å². The SMILES string of the molecule is Cc1ccccc1/C=C1\CSCC2=C1OC(=O)C(C(=O)O)C2c1ccccc1C. The van der Waals surface area contributed by atoms with E-state index < -0.39 is 23.8 Å². The Balaban J connectivity index is 1.89. The lowest BCUT2D eigenvalue weighted by Crippen LogP contribution is -2.39. The van der Waals surface area contributed by atoms with Gasteiger partial charge in [-0.15, -0.1) is 0 Å². The van der Waals surface area contributed by atoms with Crippen LogP contribution in [-0.4, -0.2) is 28.6 Å². The largest absolute Gasteiger partial charge is 0.481 e. The lowest BCUT2D eigenvalue weighted by molar-refractivity contribution is -0.158. The van der Waals surface area contributed by atoms with E-state index in [-0.39, 0.29) is 0 Å². The highest BCUT2D eigenvalue weighted by molar-refractivity contribution is 7.99. The van der Waals surface area contributed by atoms with E-state index in [0.29, 0.717) is 11.5 Å². The summed E-state index contributed by atoms with van der Waals surface area (Å²) in [6, 6.07) is 15.7. The molecular formula is C24H22O4S. The minimum Gasteiger partial charge on any atom is -0.481 e. The van der Waals surface area contributed by atoms with Gasteiger partial charge >= 0.3 is 11.9 Å². The van der Waals surface area contributed by atoms with E-state index in [1.54, 1.807) is 11.8 Å². The fraction of sp³-hybridized carbons (Fsp3) is 0.250. The van der Waals surface area contributed by atoms with Crippen molar-refractivity contribution >= 4 is 29.8 Å². The van der Waals surface area contributed by atoms with Gasteiger partial charge < -0.3 is 9.84 Å². The third-order valence-corrected chi connectivity index (χ3v) is 6.60. The van der Waals surface area contributed by atoms with E-state index in [1.165, 1.54) is 0 Å². The summed E-state index contributed by atoms with van der Waals surface area (Å²) in [6.07, 6.45) is 2.06. The van der Waals surface area contributed by atoms with Crippen LogP contribution in [0.5, 0.6) is 0 Å². The van der Waals surface area contributed by atoms with Gasteiger partial charge in [0, 0.05) is 23.0 Å². The van der Waals surface area contributed by atoms with E-state index >= 15 is 0 Å². The van der Waals surface area contributed by atoms with E-state index in [2.05, 4.69) is 6.08 Å². The number of allylic oxidation sites excluding steroid dienone is 1. The summed E-state index contributed by atoms with van der Waals surface area (Å²) in [5.41, 5.74) is 5.88. The molecular weight excluding hydrogens is 384 g/mol. The molecule has 2 aliphatic rings. The molecule has 0 aromatic heterocycles. The Morgan fingerprint density at radius 3 is 2.45 bits per heavy atom. The third-order valence-electron chi connectivity index (χ3n) is 5.57. The molecule has 29 heavy (non-hydrogen) atoms. The summed E-state index contributed by atoms with van der Waals surface area (Å²) in [7, 11) is 0. The molecule has 2 unspecified atom stereocenters. The predicted molar refractivity (Wildman–Crippen MR) is 115 cm³/mol. The van der Waals surface area contributed by atoms with Gasteiger partial charge in [0.1, 0.15) is 5.76 Å². The summed E-state index contributed by atoms with van der Waals surface area (Å²) < 4.78 is 5.66. The second-order valence-corrected chi connectivity index (χ2v) is 8.43. The molecule has 4 rings (SSSR count). The lowest BCUT2D eigenvalue weighted by atomic mass is 9.76. The molecule has 0 fully saturated rings. The highest BCUT2D eigenvalue weighted by atomic mass is 32.2. The van der Waals surface area contributed by atoms with E-state index in [1.807, 2.05) is 62.4 Å². The number of carboxylic acids is 1. The number of carbonyl (C=O) groups excluding carboxylic acids is 1. The topological polar surface area (TPSA) is 63.6 Å². The molecule has 1 N–H and O–H groups in total. The molecule has 0 saturated heterocycles. The molecule has 0 amide bonds. The molecule has 0 bridgehead atoms.